The van der Waals surface area contributed by atoms with Crippen molar-refractivity contribution in [3.8, 4) is 0 Å². The molecule has 0 aliphatic heterocycles. The Morgan fingerprint density at radius 2 is 1.80 bits per heavy atom. The second-order valence-corrected chi connectivity index (χ2v) is 6.19. The molecule has 0 aromatic heterocycles. The first-order chi connectivity index (χ1) is 7.05. The van der Waals surface area contributed by atoms with Gasteiger partial charge in [0.1, 0.15) is 0 Å². The normalized spacial score (nSPS) is 12.3. The van der Waals surface area contributed by atoms with Crippen molar-refractivity contribution in [2.75, 3.05) is 37.7 Å². The molecule has 0 rings (SSSR count). The Morgan fingerprint density at radius 3 is 2.27 bits per heavy atom. The number of hydrogen-bond acceptors (Lipinski definition) is 4. The highest BCUT2D eigenvalue weighted by Crippen LogP contribution is 1.97. The van der Waals surface area contributed by atoms with Gasteiger partial charge in [-0.3, -0.25) is 0 Å². The molecule has 4 nitrogen and oxygen atoms in total. The second kappa shape index (κ2) is 8.07. The van der Waals surface area contributed by atoms with Crippen LogP contribution in [0.25, 0.3) is 0 Å². The third-order valence-electron chi connectivity index (χ3n) is 2.43. The number of rotatable bonds is 9. The Bertz CT molecular complexity index is 240. The smallest absolute Gasteiger partial charge is 0.151 e. The fourth-order valence-electron chi connectivity index (χ4n) is 1.31. The minimum Gasteiger partial charge on any atom is -0.329 e. The predicted molar refractivity (Wildman–Crippen MR) is 64.7 cm³/mol. The molecular formula is C10H24N2O2S. The molecule has 0 aliphatic carbocycles. The van der Waals surface area contributed by atoms with Gasteiger partial charge >= 0.3 is 0 Å². The summed E-state index contributed by atoms with van der Waals surface area (Å²) in [7, 11) is -2.84. The molecule has 0 saturated heterocycles. The van der Waals surface area contributed by atoms with Crippen LogP contribution in [0.4, 0.5) is 0 Å². The molecule has 0 fully saturated rings. The Hall–Kier alpha value is -0.130. The molecule has 92 valence electrons. The quantitative estimate of drug-likeness (QED) is 0.632. The van der Waals surface area contributed by atoms with Gasteiger partial charge < -0.3 is 10.6 Å². The molecule has 2 N–H and O–H groups in total. The van der Waals surface area contributed by atoms with E-state index in [4.69, 9.17) is 5.73 Å². The predicted octanol–water partition coefficient (Wildman–Crippen LogP) is 0.482. The van der Waals surface area contributed by atoms with Gasteiger partial charge in [-0.25, -0.2) is 8.42 Å². The lowest BCUT2D eigenvalue weighted by Crippen LogP contribution is -2.34. The van der Waals surface area contributed by atoms with Crippen molar-refractivity contribution in [2.24, 2.45) is 5.73 Å². The van der Waals surface area contributed by atoms with Gasteiger partial charge in [-0.2, -0.15) is 0 Å². The number of sulfone groups is 1. The highest BCUT2D eigenvalue weighted by Gasteiger charge is 2.10. The van der Waals surface area contributed by atoms with Gasteiger partial charge in [0.25, 0.3) is 0 Å². The van der Waals surface area contributed by atoms with Crippen LogP contribution < -0.4 is 5.73 Å². The van der Waals surface area contributed by atoms with Gasteiger partial charge in [0.2, 0.25) is 0 Å². The molecular weight excluding hydrogens is 212 g/mol. The van der Waals surface area contributed by atoms with Crippen molar-refractivity contribution in [1.29, 1.82) is 0 Å². The molecule has 0 saturated carbocycles. The van der Waals surface area contributed by atoms with Crippen LogP contribution >= 0.6 is 0 Å². The van der Waals surface area contributed by atoms with Gasteiger partial charge in [0, 0.05) is 25.4 Å². The van der Waals surface area contributed by atoms with Crippen molar-refractivity contribution in [2.45, 2.75) is 26.7 Å². The monoisotopic (exact) mass is 236 g/mol. The zero-order chi connectivity index (χ0) is 11.7. The lowest BCUT2D eigenvalue weighted by Gasteiger charge is -2.20. The summed E-state index contributed by atoms with van der Waals surface area (Å²) < 4.78 is 22.6. The minimum absolute atomic E-state index is 0.233. The van der Waals surface area contributed by atoms with E-state index in [2.05, 4.69) is 11.8 Å². The molecule has 0 heterocycles. The summed E-state index contributed by atoms with van der Waals surface area (Å²) in [5.74, 6) is 0.491. The molecule has 0 atom stereocenters. The van der Waals surface area contributed by atoms with Gasteiger partial charge in [-0.1, -0.05) is 20.3 Å². The summed E-state index contributed by atoms with van der Waals surface area (Å²) in [6.07, 6.45) is 2.23. The molecule has 0 amide bonds. The van der Waals surface area contributed by atoms with Gasteiger partial charge in [0.15, 0.2) is 9.84 Å². The molecule has 0 aliphatic rings. The fourth-order valence-corrected chi connectivity index (χ4v) is 2.14. The van der Waals surface area contributed by atoms with E-state index in [1.165, 1.54) is 0 Å². The molecule has 0 unspecified atom stereocenters. The van der Waals surface area contributed by atoms with Gasteiger partial charge in [-0.05, 0) is 13.0 Å². The van der Waals surface area contributed by atoms with Crippen molar-refractivity contribution in [3.63, 3.8) is 0 Å². The summed E-state index contributed by atoms with van der Waals surface area (Å²) in [6, 6.07) is 0. The number of nitrogens with zero attached hydrogens (tertiary/aromatic N) is 1. The van der Waals surface area contributed by atoms with Crippen LogP contribution in [0.2, 0.25) is 0 Å². The second-order valence-electron chi connectivity index (χ2n) is 3.72. The summed E-state index contributed by atoms with van der Waals surface area (Å²) >= 11 is 0. The first-order valence-corrected chi connectivity index (χ1v) is 7.50. The first kappa shape index (κ1) is 14.9. The lowest BCUT2D eigenvalue weighted by atomic mass is 10.3. The van der Waals surface area contributed by atoms with E-state index in [1.54, 1.807) is 6.92 Å². The summed E-state index contributed by atoms with van der Waals surface area (Å²) in [5.41, 5.74) is 5.48. The highest BCUT2D eigenvalue weighted by atomic mass is 32.2. The van der Waals surface area contributed by atoms with Gasteiger partial charge in [-0.15, -0.1) is 0 Å². The fraction of sp³-hybridized carbons (Fsp3) is 1.00. The Morgan fingerprint density at radius 1 is 1.13 bits per heavy atom. The van der Waals surface area contributed by atoms with E-state index in [0.717, 1.165) is 25.9 Å². The van der Waals surface area contributed by atoms with Gasteiger partial charge in [0.05, 0.1) is 5.75 Å². The van der Waals surface area contributed by atoms with Crippen molar-refractivity contribution < 1.29 is 8.42 Å². The maximum absolute atomic E-state index is 11.3. The Kier molecular flexibility index (Phi) is 8.00. The van der Waals surface area contributed by atoms with Crippen molar-refractivity contribution in [3.05, 3.63) is 0 Å². The van der Waals surface area contributed by atoms with E-state index in [0.29, 0.717) is 13.1 Å². The van der Waals surface area contributed by atoms with Crippen LogP contribution in [-0.2, 0) is 9.84 Å². The average molecular weight is 236 g/mol. The van der Waals surface area contributed by atoms with E-state index in [1.807, 2.05) is 0 Å². The van der Waals surface area contributed by atoms with Crippen LogP contribution in [0.15, 0.2) is 0 Å². The number of unbranched alkanes of at least 4 members (excludes halogenated alkanes) is 1. The third-order valence-corrected chi connectivity index (χ3v) is 4.12. The molecule has 0 spiro atoms. The molecule has 0 radical (unpaired) electrons. The van der Waals surface area contributed by atoms with Crippen LogP contribution in [0.1, 0.15) is 26.7 Å². The standard InChI is InChI=1S/C10H24N2O2S/c1-3-5-7-12(8-6-11)9-10-15(13,14)4-2/h3-11H2,1-2H3. The topological polar surface area (TPSA) is 63.4 Å². The Labute approximate surface area is 93.7 Å². The molecule has 0 aromatic rings. The van der Waals surface area contributed by atoms with Crippen molar-refractivity contribution >= 4 is 9.84 Å². The summed E-state index contributed by atoms with van der Waals surface area (Å²) in [5, 5.41) is 0. The minimum atomic E-state index is -2.84. The molecule has 5 heteroatoms. The van der Waals surface area contributed by atoms with Crippen LogP contribution in [0.3, 0.4) is 0 Å². The number of nitrogens with two attached hydrogens (primary N) is 1. The van der Waals surface area contributed by atoms with Crippen molar-refractivity contribution in [1.82, 2.24) is 4.90 Å². The van der Waals surface area contributed by atoms with E-state index in [9.17, 15) is 8.42 Å². The lowest BCUT2D eigenvalue weighted by molar-refractivity contribution is 0.292. The summed E-state index contributed by atoms with van der Waals surface area (Å²) in [6.45, 7) is 6.77. The number of hydrogen-bond donors (Lipinski definition) is 1. The largest absolute Gasteiger partial charge is 0.329 e. The van der Waals surface area contributed by atoms with E-state index < -0.39 is 9.84 Å². The zero-order valence-electron chi connectivity index (χ0n) is 9.91. The summed E-state index contributed by atoms with van der Waals surface area (Å²) in [4.78, 5) is 2.14. The maximum atomic E-state index is 11.3. The highest BCUT2D eigenvalue weighted by molar-refractivity contribution is 7.91. The van der Waals surface area contributed by atoms with Crippen LogP contribution in [-0.4, -0.2) is 51.0 Å². The van der Waals surface area contributed by atoms with E-state index in [-0.39, 0.29) is 11.5 Å². The SMILES string of the molecule is CCCCN(CCN)CCS(=O)(=O)CC. The maximum Gasteiger partial charge on any atom is 0.151 e. The van der Waals surface area contributed by atoms with E-state index >= 15 is 0 Å². The molecule has 15 heavy (non-hydrogen) atoms. The Balaban J connectivity index is 3.94. The molecule has 0 aromatic carbocycles. The van der Waals surface area contributed by atoms with Crippen LogP contribution in [0.5, 0.6) is 0 Å². The third kappa shape index (κ3) is 7.76. The average Bonchev–Trinajstić information content (AvgIpc) is 2.22. The zero-order valence-corrected chi connectivity index (χ0v) is 10.7. The first-order valence-electron chi connectivity index (χ1n) is 5.68. The van der Waals surface area contributed by atoms with Crippen LogP contribution in [0, 0.1) is 0 Å². The molecule has 0 bridgehead atoms.